The van der Waals surface area contributed by atoms with Crippen LogP contribution in [0.3, 0.4) is 0 Å². The van der Waals surface area contributed by atoms with Crippen LogP contribution < -0.4 is 10.1 Å². The third kappa shape index (κ3) is 7.90. The summed E-state index contributed by atoms with van der Waals surface area (Å²) >= 11 is 0. The van der Waals surface area contributed by atoms with Crippen molar-refractivity contribution < 1.29 is 43.3 Å². The maximum absolute atomic E-state index is 13.4. The number of fused-ring (bicyclic) bond motifs is 1. The highest BCUT2D eigenvalue weighted by Gasteiger charge is 2.31. The van der Waals surface area contributed by atoms with E-state index in [0.717, 1.165) is 0 Å². The number of carboxylic acid groups (broad SMARTS) is 1. The van der Waals surface area contributed by atoms with Crippen LogP contribution in [-0.2, 0) is 23.9 Å². The highest BCUT2D eigenvalue weighted by Crippen LogP contribution is 2.26. The van der Waals surface area contributed by atoms with Gasteiger partial charge in [0.25, 0.3) is 11.8 Å². The first-order chi connectivity index (χ1) is 21.1. The molecular weight excluding hydrogens is 576 g/mol. The Morgan fingerprint density at radius 1 is 1.00 bits per heavy atom. The normalized spacial score (nSPS) is 16.0. The Hall–Kier alpha value is -4.95. The van der Waals surface area contributed by atoms with E-state index in [1.165, 1.54) is 20.8 Å². The number of carboxylic acids is 1. The number of carbonyl (C=O) groups excluding carboxylic acids is 5. The Bertz CT molecular complexity index is 1430. The minimum Gasteiger partial charge on any atom is -0.483 e. The molecule has 0 spiro atoms. The zero-order valence-corrected chi connectivity index (χ0v) is 24.7. The second-order valence-electron chi connectivity index (χ2n) is 10.4. The van der Waals surface area contributed by atoms with Crippen molar-refractivity contribution >= 4 is 46.6 Å². The van der Waals surface area contributed by atoms with Gasteiger partial charge < -0.3 is 39.5 Å². The van der Waals surface area contributed by atoms with E-state index in [2.05, 4.69) is 10.3 Å². The lowest BCUT2D eigenvalue weighted by atomic mass is 10.1. The van der Waals surface area contributed by atoms with Crippen molar-refractivity contribution in [2.45, 2.75) is 25.8 Å². The molecule has 2 aliphatic heterocycles. The average Bonchev–Trinajstić information content (AvgIpc) is 3.02. The van der Waals surface area contributed by atoms with E-state index in [4.69, 9.17) is 9.47 Å². The van der Waals surface area contributed by atoms with E-state index in [9.17, 15) is 33.9 Å². The number of aromatic nitrogens is 1. The van der Waals surface area contributed by atoms with Gasteiger partial charge in [-0.1, -0.05) is 12.1 Å². The lowest BCUT2D eigenvalue weighted by Gasteiger charge is -2.35. The number of carbonyl (C=O) groups is 6. The summed E-state index contributed by atoms with van der Waals surface area (Å²) in [5, 5.41) is 12.4. The molecule has 0 unspecified atom stereocenters. The molecule has 2 fully saturated rings. The number of nitrogens with one attached hydrogen (secondary N) is 1. The second kappa shape index (κ2) is 14.5. The fourth-order valence-electron chi connectivity index (χ4n) is 4.88. The maximum Gasteiger partial charge on any atom is 0.409 e. The van der Waals surface area contributed by atoms with Crippen molar-refractivity contribution in [2.75, 3.05) is 66.1 Å². The summed E-state index contributed by atoms with van der Waals surface area (Å²) in [6, 6.07) is 7.05. The van der Waals surface area contributed by atoms with Gasteiger partial charge in [-0.05, 0) is 25.5 Å². The number of aliphatic carboxylic acids is 1. The Labute approximate surface area is 253 Å². The topological polar surface area (TPSA) is 179 Å². The summed E-state index contributed by atoms with van der Waals surface area (Å²) in [5.41, 5.74) is 0.307. The Balaban J connectivity index is 1.48. The molecule has 44 heavy (non-hydrogen) atoms. The number of para-hydroxylation sites is 1. The van der Waals surface area contributed by atoms with Crippen LogP contribution in [-0.4, -0.2) is 137 Å². The number of hydrogen-bond donors (Lipinski definition) is 2. The van der Waals surface area contributed by atoms with Gasteiger partial charge in [0.1, 0.15) is 17.5 Å². The van der Waals surface area contributed by atoms with Crippen LogP contribution in [0.15, 0.2) is 30.3 Å². The summed E-state index contributed by atoms with van der Waals surface area (Å²) in [6.45, 7) is 3.14. The maximum atomic E-state index is 13.4. The molecule has 1 atom stereocenters. The van der Waals surface area contributed by atoms with Gasteiger partial charge in [0, 0.05) is 64.2 Å². The van der Waals surface area contributed by atoms with Crippen LogP contribution in [0.1, 0.15) is 30.3 Å². The van der Waals surface area contributed by atoms with Crippen molar-refractivity contribution in [2.24, 2.45) is 0 Å². The molecule has 1 aromatic carbocycles. The van der Waals surface area contributed by atoms with Gasteiger partial charge >= 0.3 is 12.1 Å². The number of likely N-dealkylation sites (N-methyl/N-ethyl adjacent to an activating group) is 1. The number of nitrogens with zero attached hydrogens (tertiary/aromatic N) is 5. The zero-order valence-electron chi connectivity index (χ0n) is 24.7. The number of amides is 5. The molecule has 5 amide bonds. The van der Waals surface area contributed by atoms with Crippen molar-refractivity contribution in [3.63, 3.8) is 0 Å². The SMILES string of the molecule is CCOC(=O)N1CCN(C(=O)[C@H](CCC(=O)O)NC(=O)c2cc(OCC(=O)N3CCN(C)C(=O)C3)c3ccccc3n2)CC1. The minimum absolute atomic E-state index is 0.0485. The molecule has 2 aromatic rings. The predicted molar refractivity (Wildman–Crippen MR) is 155 cm³/mol. The van der Waals surface area contributed by atoms with Gasteiger partial charge in [0.15, 0.2) is 6.61 Å². The zero-order chi connectivity index (χ0) is 31.8. The fourth-order valence-corrected chi connectivity index (χ4v) is 4.88. The standard InChI is InChI=1S/C29H36N6O9/c1-3-43-29(42)34-14-12-33(13-15-34)28(41)21(8-9-26(38)39)31-27(40)22-16-23(19-6-4-5-7-20(19)30-22)44-18-25(37)35-11-10-32(2)24(36)17-35/h4-7,16,21H,3,8-15,17-18H2,1-2H3,(H,31,40)(H,38,39)/t21-/m0/s1. The second-order valence-corrected chi connectivity index (χ2v) is 10.4. The number of rotatable bonds is 10. The third-order valence-corrected chi connectivity index (χ3v) is 7.44. The van der Waals surface area contributed by atoms with Gasteiger partial charge in [0.05, 0.1) is 18.7 Å². The molecule has 15 nitrogen and oxygen atoms in total. The number of pyridine rings is 1. The minimum atomic E-state index is -1.17. The van der Waals surface area contributed by atoms with Gasteiger partial charge in [-0.2, -0.15) is 0 Å². The predicted octanol–water partition coefficient (Wildman–Crippen LogP) is 0.178. The molecule has 4 rings (SSSR count). The molecule has 1 aromatic heterocycles. The van der Waals surface area contributed by atoms with Crippen molar-refractivity contribution in [1.82, 2.24) is 29.9 Å². The van der Waals surface area contributed by atoms with E-state index in [1.807, 2.05) is 0 Å². The van der Waals surface area contributed by atoms with Crippen LogP contribution >= 0.6 is 0 Å². The number of piperazine rings is 2. The van der Waals surface area contributed by atoms with Gasteiger partial charge in [-0.3, -0.25) is 24.0 Å². The van der Waals surface area contributed by atoms with Crippen molar-refractivity contribution in [3.05, 3.63) is 36.0 Å². The first-order valence-electron chi connectivity index (χ1n) is 14.3. The quantitative estimate of drug-likeness (QED) is 0.376. The Morgan fingerprint density at radius 3 is 2.36 bits per heavy atom. The van der Waals surface area contributed by atoms with E-state index < -0.39 is 29.9 Å². The van der Waals surface area contributed by atoms with Crippen LogP contribution in [0.2, 0.25) is 0 Å². The Kier molecular flexibility index (Phi) is 10.5. The van der Waals surface area contributed by atoms with Crippen LogP contribution in [0.25, 0.3) is 10.9 Å². The molecule has 2 aliphatic rings. The Morgan fingerprint density at radius 2 is 1.68 bits per heavy atom. The molecular formula is C29H36N6O9. The smallest absolute Gasteiger partial charge is 0.409 e. The molecule has 0 aliphatic carbocycles. The summed E-state index contributed by atoms with van der Waals surface area (Å²) < 4.78 is 10.8. The highest BCUT2D eigenvalue weighted by atomic mass is 16.6. The first kappa shape index (κ1) is 32.0. The number of ether oxygens (including phenoxy) is 2. The summed E-state index contributed by atoms with van der Waals surface area (Å²) in [5.74, 6) is -2.70. The first-order valence-corrected chi connectivity index (χ1v) is 14.3. The third-order valence-electron chi connectivity index (χ3n) is 7.44. The van der Waals surface area contributed by atoms with E-state index in [1.54, 1.807) is 43.1 Å². The highest BCUT2D eigenvalue weighted by molar-refractivity contribution is 5.99. The van der Waals surface area contributed by atoms with Gasteiger partial charge in [0.2, 0.25) is 11.8 Å². The van der Waals surface area contributed by atoms with Crippen LogP contribution in [0.5, 0.6) is 5.75 Å². The lowest BCUT2D eigenvalue weighted by molar-refractivity contribution is -0.145. The monoisotopic (exact) mass is 612 g/mol. The molecule has 0 saturated carbocycles. The largest absolute Gasteiger partial charge is 0.483 e. The molecule has 236 valence electrons. The summed E-state index contributed by atoms with van der Waals surface area (Å²) in [6.07, 6.45) is -1.00. The van der Waals surface area contributed by atoms with E-state index in [-0.39, 0.29) is 82.0 Å². The molecule has 3 heterocycles. The van der Waals surface area contributed by atoms with Crippen LogP contribution in [0, 0.1) is 0 Å². The lowest BCUT2D eigenvalue weighted by Crippen LogP contribution is -2.56. The van der Waals surface area contributed by atoms with Crippen molar-refractivity contribution in [3.8, 4) is 5.75 Å². The number of benzene rings is 1. The van der Waals surface area contributed by atoms with Gasteiger partial charge in [-0.25, -0.2) is 9.78 Å². The molecule has 0 bridgehead atoms. The average molecular weight is 613 g/mol. The van der Waals surface area contributed by atoms with E-state index in [0.29, 0.717) is 24.0 Å². The summed E-state index contributed by atoms with van der Waals surface area (Å²) in [7, 11) is 1.67. The van der Waals surface area contributed by atoms with E-state index >= 15 is 0 Å². The molecule has 2 saturated heterocycles. The fraction of sp³-hybridized carbons (Fsp3) is 0.483. The van der Waals surface area contributed by atoms with Crippen molar-refractivity contribution in [1.29, 1.82) is 0 Å². The van der Waals surface area contributed by atoms with Gasteiger partial charge in [-0.15, -0.1) is 0 Å². The number of hydrogen-bond acceptors (Lipinski definition) is 9. The summed E-state index contributed by atoms with van der Waals surface area (Å²) in [4.78, 5) is 85.3. The molecule has 0 radical (unpaired) electrons. The van der Waals surface area contributed by atoms with Crippen LogP contribution in [0.4, 0.5) is 4.79 Å². The molecule has 15 heteroatoms. The molecule has 2 N–H and O–H groups in total.